The fraction of sp³-hybridized carbons (Fsp3) is 0.0769. The molecule has 0 atom stereocenters. The third-order valence-corrected chi connectivity index (χ3v) is 13.7. The Balaban J connectivity index is 1.14. The second kappa shape index (κ2) is 11.1. The zero-order valence-electron chi connectivity index (χ0n) is 30.5. The van der Waals surface area contributed by atoms with E-state index in [9.17, 15) is 0 Å². The quantitative estimate of drug-likeness (QED) is 0.180. The maximum atomic E-state index is 6.66. The SMILES string of the molecule is CC1(C)c2ccccc2-c2ccc(N(c3ccc4c(c3)C3(c5ccccc5Oc5ccccc53)c3ccccc3-4)c3ccc4sc5ccccc5c4c3)cc21. The first-order valence-electron chi connectivity index (χ1n) is 19.1. The summed E-state index contributed by atoms with van der Waals surface area (Å²) in [5, 5.41) is 2.59. The molecule has 12 rings (SSSR count). The molecule has 9 aromatic rings. The van der Waals surface area contributed by atoms with Gasteiger partial charge in [0, 0.05) is 53.8 Å². The van der Waals surface area contributed by atoms with Gasteiger partial charge in [-0.1, -0.05) is 129 Å². The van der Waals surface area contributed by atoms with Crippen molar-refractivity contribution in [2.24, 2.45) is 0 Å². The molecule has 2 aliphatic carbocycles. The molecule has 0 unspecified atom stereocenters. The highest BCUT2D eigenvalue weighted by Gasteiger charge is 2.51. The number of para-hydroxylation sites is 2. The molecule has 8 aromatic carbocycles. The molecule has 1 aromatic heterocycles. The standard InChI is InChI=1S/C52H35NOS/c1-51(2)41-16-6-3-13-35(41)37-26-23-33(30-45(37)51)53(32-25-28-50-40(29-32)39-15-5-12-22-49(39)55-50)34-24-27-38-36-14-4-7-17-42(36)52(46(38)31-34)43-18-8-10-20-47(43)54-48-21-11-9-19-44(48)52/h3-31H,1-2H3. The molecule has 55 heavy (non-hydrogen) atoms. The van der Waals surface area contributed by atoms with Crippen LogP contribution in [0.1, 0.15) is 47.2 Å². The van der Waals surface area contributed by atoms with Crippen LogP contribution >= 0.6 is 11.3 Å². The molecule has 2 heterocycles. The van der Waals surface area contributed by atoms with Gasteiger partial charge in [-0.05, 0) is 105 Å². The van der Waals surface area contributed by atoms with Crippen LogP contribution in [0.3, 0.4) is 0 Å². The number of ether oxygens (including phenoxy) is 1. The number of anilines is 3. The summed E-state index contributed by atoms with van der Waals surface area (Å²) in [4.78, 5) is 2.49. The maximum absolute atomic E-state index is 6.66. The molecule has 260 valence electrons. The Morgan fingerprint density at radius 1 is 0.400 bits per heavy atom. The van der Waals surface area contributed by atoms with E-state index in [0.717, 1.165) is 28.6 Å². The van der Waals surface area contributed by atoms with Gasteiger partial charge in [-0.15, -0.1) is 11.3 Å². The summed E-state index contributed by atoms with van der Waals surface area (Å²) in [7, 11) is 0. The zero-order valence-corrected chi connectivity index (χ0v) is 31.3. The summed E-state index contributed by atoms with van der Waals surface area (Å²) in [5.41, 5.74) is 15.6. The van der Waals surface area contributed by atoms with Crippen molar-refractivity contribution in [2.75, 3.05) is 4.90 Å². The van der Waals surface area contributed by atoms with Crippen LogP contribution in [0.4, 0.5) is 17.1 Å². The fourth-order valence-corrected chi connectivity index (χ4v) is 11.2. The molecule has 0 saturated heterocycles. The number of benzene rings is 8. The van der Waals surface area contributed by atoms with Gasteiger partial charge >= 0.3 is 0 Å². The van der Waals surface area contributed by atoms with Gasteiger partial charge in [-0.3, -0.25) is 0 Å². The first-order chi connectivity index (χ1) is 27.0. The van der Waals surface area contributed by atoms with E-state index in [-0.39, 0.29) is 5.41 Å². The van der Waals surface area contributed by atoms with Crippen molar-refractivity contribution in [3.8, 4) is 33.8 Å². The monoisotopic (exact) mass is 721 g/mol. The van der Waals surface area contributed by atoms with Gasteiger partial charge in [-0.2, -0.15) is 0 Å². The number of rotatable bonds is 3. The summed E-state index contributed by atoms with van der Waals surface area (Å²) in [5.74, 6) is 1.81. The lowest BCUT2D eigenvalue weighted by Crippen LogP contribution is -2.32. The van der Waals surface area contributed by atoms with Crippen molar-refractivity contribution in [1.82, 2.24) is 0 Å². The molecule has 0 amide bonds. The van der Waals surface area contributed by atoms with Gasteiger partial charge in [0.1, 0.15) is 11.5 Å². The van der Waals surface area contributed by atoms with Crippen LogP contribution in [0.5, 0.6) is 11.5 Å². The summed E-state index contributed by atoms with van der Waals surface area (Å²) in [6.45, 7) is 4.73. The third kappa shape index (κ3) is 4.08. The lowest BCUT2D eigenvalue weighted by atomic mass is 9.66. The Hall–Kier alpha value is -6.42. The topological polar surface area (TPSA) is 12.5 Å². The minimum absolute atomic E-state index is 0.125. The van der Waals surface area contributed by atoms with Crippen LogP contribution in [0.2, 0.25) is 0 Å². The van der Waals surface area contributed by atoms with Crippen LogP contribution in [0.15, 0.2) is 176 Å². The van der Waals surface area contributed by atoms with Crippen molar-refractivity contribution in [2.45, 2.75) is 24.7 Å². The fourth-order valence-electron chi connectivity index (χ4n) is 10.1. The number of nitrogens with zero attached hydrogens (tertiary/aromatic N) is 1. The molecule has 0 N–H and O–H groups in total. The summed E-state index contributed by atoms with van der Waals surface area (Å²) in [6.07, 6.45) is 0. The van der Waals surface area contributed by atoms with Gasteiger partial charge in [0.25, 0.3) is 0 Å². The van der Waals surface area contributed by atoms with Gasteiger partial charge in [0.15, 0.2) is 0 Å². The highest BCUT2D eigenvalue weighted by molar-refractivity contribution is 7.25. The molecule has 2 nitrogen and oxygen atoms in total. The molecule has 0 fully saturated rings. The van der Waals surface area contributed by atoms with Crippen molar-refractivity contribution < 1.29 is 4.74 Å². The number of fused-ring (bicyclic) bond motifs is 15. The van der Waals surface area contributed by atoms with E-state index in [1.54, 1.807) is 0 Å². The summed E-state index contributed by atoms with van der Waals surface area (Å²) in [6, 6.07) is 65.2. The van der Waals surface area contributed by atoms with E-state index in [4.69, 9.17) is 4.74 Å². The molecule has 0 saturated carbocycles. The van der Waals surface area contributed by atoms with Crippen LogP contribution in [0.25, 0.3) is 42.4 Å². The smallest absolute Gasteiger partial charge is 0.132 e. The Morgan fingerprint density at radius 3 is 1.62 bits per heavy atom. The van der Waals surface area contributed by atoms with Gasteiger partial charge in [0.2, 0.25) is 0 Å². The molecule has 3 heteroatoms. The molecular weight excluding hydrogens is 687 g/mol. The van der Waals surface area contributed by atoms with E-state index in [1.807, 2.05) is 11.3 Å². The highest BCUT2D eigenvalue weighted by atomic mass is 32.1. The Kier molecular flexibility index (Phi) is 6.23. The van der Waals surface area contributed by atoms with Gasteiger partial charge in [-0.25, -0.2) is 0 Å². The number of thiophene rings is 1. The van der Waals surface area contributed by atoms with Crippen LogP contribution in [-0.2, 0) is 10.8 Å². The average Bonchev–Trinajstić information content (AvgIpc) is 3.82. The summed E-state index contributed by atoms with van der Waals surface area (Å²) >= 11 is 1.86. The second-order valence-electron chi connectivity index (χ2n) is 15.6. The third-order valence-electron chi connectivity index (χ3n) is 12.5. The van der Waals surface area contributed by atoms with Crippen molar-refractivity contribution >= 4 is 48.6 Å². The lowest BCUT2D eigenvalue weighted by molar-refractivity contribution is 0.436. The largest absolute Gasteiger partial charge is 0.457 e. The number of hydrogen-bond acceptors (Lipinski definition) is 3. The van der Waals surface area contributed by atoms with E-state index >= 15 is 0 Å². The van der Waals surface area contributed by atoms with Crippen molar-refractivity contribution in [3.63, 3.8) is 0 Å². The minimum Gasteiger partial charge on any atom is -0.457 e. The van der Waals surface area contributed by atoms with E-state index in [2.05, 4.69) is 195 Å². The molecule has 0 bridgehead atoms. The first-order valence-corrected chi connectivity index (χ1v) is 19.9. The minimum atomic E-state index is -0.547. The normalized spacial score (nSPS) is 14.8. The van der Waals surface area contributed by atoms with Crippen LogP contribution in [-0.4, -0.2) is 0 Å². The lowest BCUT2D eigenvalue weighted by Gasteiger charge is -2.39. The van der Waals surface area contributed by atoms with E-state index in [0.29, 0.717) is 0 Å². The molecular formula is C52H35NOS. The van der Waals surface area contributed by atoms with Crippen LogP contribution < -0.4 is 9.64 Å². The Labute approximate surface area is 324 Å². The Morgan fingerprint density at radius 2 is 0.891 bits per heavy atom. The summed E-state index contributed by atoms with van der Waals surface area (Å²) < 4.78 is 9.27. The van der Waals surface area contributed by atoms with Crippen LogP contribution in [0, 0.1) is 0 Å². The van der Waals surface area contributed by atoms with E-state index < -0.39 is 5.41 Å². The van der Waals surface area contributed by atoms with Gasteiger partial charge in [0.05, 0.1) is 5.41 Å². The predicted octanol–water partition coefficient (Wildman–Crippen LogP) is 14.3. The van der Waals surface area contributed by atoms with Crippen molar-refractivity contribution in [1.29, 1.82) is 0 Å². The first kappa shape index (κ1) is 31.0. The average molecular weight is 722 g/mol. The molecule has 0 radical (unpaired) electrons. The predicted molar refractivity (Wildman–Crippen MR) is 229 cm³/mol. The van der Waals surface area contributed by atoms with Gasteiger partial charge < -0.3 is 9.64 Å². The molecule has 1 spiro atoms. The second-order valence-corrected chi connectivity index (χ2v) is 16.7. The maximum Gasteiger partial charge on any atom is 0.132 e. The van der Waals surface area contributed by atoms with E-state index in [1.165, 1.54) is 75.8 Å². The van der Waals surface area contributed by atoms with Crippen molar-refractivity contribution in [3.05, 3.63) is 209 Å². The number of hydrogen-bond donors (Lipinski definition) is 0. The Bertz CT molecular complexity index is 3030. The molecule has 3 aliphatic rings. The highest BCUT2D eigenvalue weighted by Crippen LogP contribution is 2.63. The zero-order chi connectivity index (χ0) is 36.5. The molecule has 1 aliphatic heterocycles.